The summed E-state index contributed by atoms with van der Waals surface area (Å²) < 4.78 is 31.9. The molecular weight excluding hydrogens is 290 g/mol. The summed E-state index contributed by atoms with van der Waals surface area (Å²) in [7, 11) is -2.15. The molecule has 0 saturated heterocycles. The second-order valence-corrected chi connectivity index (χ2v) is 6.14. The number of hydrogen-bond acceptors (Lipinski definition) is 5. The van der Waals surface area contributed by atoms with Gasteiger partial charge in [0.1, 0.15) is 5.75 Å². The predicted octanol–water partition coefficient (Wildman–Crippen LogP) is 1.19. The molecule has 1 aromatic carbocycles. The van der Waals surface area contributed by atoms with Crippen LogP contribution >= 0.6 is 0 Å². The zero-order chi connectivity index (χ0) is 15.3. The number of nitrogens with one attached hydrogen (secondary N) is 1. The minimum atomic E-state index is -3.59. The van der Waals surface area contributed by atoms with Crippen LogP contribution in [0.2, 0.25) is 0 Å². The molecule has 6 nitrogen and oxygen atoms in total. The summed E-state index contributed by atoms with van der Waals surface area (Å²) in [4.78, 5) is 4.26. The minimum Gasteiger partial charge on any atom is -0.495 e. The molecule has 0 atom stereocenters. The summed E-state index contributed by atoms with van der Waals surface area (Å²) >= 11 is 0. The van der Waals surface area contributed by atoms with E-state index in [-0.39, 0.29) is 11.4 Å². The van der Waals surface area contributed by atoms with Crippen LogP contribution in [0.1, 0.15) is 5.69 Å². The van der Waals surface area contributed by atoms with Gasteiger partial charge in [0.25, 0.3) is 0 Å². The van der Waals surface area contributed by atoms with Crippen molar-refractivity contribution in [1.82, 2.24) is 9.71 Å². The number of nitrogens with zero attached hydrogens (tertiary/aromatic N) is 1. The third-order valence-corrected chi connectivity index (χ3v) is 4.37. The first kappa shape index (κ1) is 15.3. The van der Waals surface area contributed by atoms with Gasteiger partial charge in [-0.3, -0.25) is 4.98 Å². The van der Waals surface area contributed by atoms with Crippen molar-refractivity contribution in [2.45, 2.75) is 11.3 Å². The molecule has 112 valence electrons. The normalized spacial score (nSPS) is 11.3. The van der Waals surface area contributed by atoms with Crippen LogP contribution in [0.4, 0.5) is 5.69 Å². The van der Waals surface area contributed by atoms with Crippen molar-refractivity contribution in [3.8, 4) is 5.75 Å². The zero-order valence-electron chi connectivity index (χ0n) is 11.6. The molecule has 1 heterocycles. The predicted molar refractivity (Wildman–Crippen MR) is 80.5 cm³/mol. The summed E-state index contributed by atoms with van der Waals surface area (Å²) in [6.07, 6.45) is 2.20. The van der Waals surface area contributed by atoms with E-state index < -0.39 is 10.0 Å². The van der Waals surface area contributed by atoms with Crippen LogP contribution < -0.4 is 15.2 Å². The fourth-order valence-corrected chi connectivity index (χ4v) is 2.85. The molecule has 0 amide bonds. The van der Waals surface area contributed by atoms with Gasteiger partial charge in [0.15, 0.2) is 0 Å². The van der Waals surface area contributed by atoms with Crippen LogP contribution in [0.15, 0.2) is 47.5 Å². The number of ether oxygens (including phenoxy) is 1. The van der Waals surface area contributed by atoms with Crippen LogP contribution in [0.25, 0.3) is 0 Å². The third kappa shape index (κ3) is 3.93. The Bertz CT molecular complexity index is 703. The number of nitrogens with two attached hydrogens (primary N) is 1. The summed E-state index contributed by atoms with van der Waals surface area (Å²) in [6.45, 7) is 0.270. The largest absolute Gasteiger partial charge is 0.495 e. The Morgan fingerprint density at radius 1 is 1.29 bits per heavy atom. The lowest BCUT2D eigenvalue weighted by atomic mass is 10.3. The van der Waals surface area contributed by atoms with Crippen LogP contribution in [0.3, 0.4) is 0 Å². The quantitative estimate of drug-likeness (QED) is 0.782. The Labute approximate surface area is 124 Å². The number of pyridine rings is 1. The van der Waals surface area contributed by atoms with Crippen LogP contribution in [0, 0.1) is 0 Å². The Kier molecular flexibility index (Phi) is 4.77. The van der Waals surface area contributed by atoms with Crippen molar-refractivity contribution in [2.75, 3.05) is 19.4 Å². The molecule has 3 N–H and O–H groups in total. The van der Waals surface area contributed by atoms with E-state index in [1.54, 1.807) is 6.20 Å². The molecule has 0 aliphatic heterocycles. The lowest BCUT2D eigenvalue weighted by Gasteiger charge is -2.09. The van der Waals surface area contributed by atoms with Gasteiger partial charge in [-0.15, -0.1) is 0 Å². The minimum absolute atomic E-state index is 0.120. The van der Waals surface area contributed by atoms with Gasteiger partial charge in [0.2, 0.25) is 10.0 Å². The molecule has 2 rings (SSSR count). The maximum atomic E-state index is 12.2. The van der Waals surface area contributed by atoms with Gasteiger partial charge in [-0.25, -0.2) is 13.1 Å². The highest BCUT2D eigenvalue weighted by molar-refractivity contribution is 7.89. The number of rotatable bonds is 6. The fraction of sp³-hybridized carbons (Fsp3) is 0.214. The fourth-order valence-electron chi connectivity index (χ4n) is 1.80. The molecule has 0 spiro atoms. The molecule has 0 fully saturated rings. The Morgan fingerprint density at radius 3 is 2.76 bits per heavy atom. The van der Waals surface area contributed by atoms with Crippen molar-refractivity contribution in [1.29, 1.82) is 0 Å². The van der Waals surface area contributed by atoms with E-state index in [0.29, 0.717) is 17.9 Å². The van der Waals surface area contributed by atoms with Crippen molar-refractivity contribution in [2.24, 2.45) is 0 Å². The topological polar surface area (TPSA) is 94.3 Å². The zero-order valence-corrected chi connectivity index (χ0v) is 12.4. The van der Waals surface area contributed by atoms with Gasteiger partial charge in [-0.1, -0.05) is 6.07 Å². The van der Waals surface area contributed by atoms with Gasteiger partial charge < -0.3 is 10.5 Å². The second kappa shape index (κ2) is 6.55. The van der Waals surface area contributed by atoms with E-state index in [0.717, 1.165) is 5.69 Å². The number of nitrogen functional groups attached to an aromatic ring is 1. The number of hydrogen-bond donors (Lipinski definition) is 2. The van der Waals surface area contributed by atoms with Crippen LogP contribution in [0.5, 0.6) is 5.75 Å². The monoisotopic (exact) mass is 307 g/mol. The van der Waals surface area contributed by atoms with Gasteiger partial charge in [0.05, 0.1) is 17.7 Å². The van der Waals surface area contributed by atoms with Crippen molar-refractivity contribution >= 4 is 15.7 Å². The smallest absolute Gasteiger partial charge is 0.240 e. The number of anilines is 1. The van der Waals surface area contributed by atoms with Crippen LogP contribution in [-0.2, 0) is 16.4 Å². The summed E-state index contributed by atoms with van der Waals surface area (Å²) in [5.41, 5.74) is 6.89. The molecule has 0 saturated carbocycles. The Morgan fingerprint density at radius 2 is 2.10 bits per heavy atom. The molecule has 2 aromatic rings. The number of benzene rings is 1. The molecule has 0 aliphatic rings. The Hall–Kier alpha value is -2.12. The van der Waals surface area contributed by atoms with E-state index in [1.807, 2.05) is 18.2 Å². The maximum absolute atomic E-state index is 12.2. The highest BCUT2D eigenvalue weighted by Crippen LogP contribution is 2.24. The third-order valence-electron chi connectivity index (χ3n) is 2.91. The second-order valence-electron chi connectivity index (χ2n) is 4.37. The number of methoxy groups -OCH3 is 1. The lowest BCUT2D eigenvalue weighted by molar-refractivity contribution is 0.415. The molecule has 0 unspecified atom stereocenters. The summed E-state index contributed by atoms with van der Waals surface area (Å²) in [5, 5.41) is 0. The lowest BCUT2D eigenvalue weighted by Crippen LogP contribution is -2.26. The molecular formula is C14H17N3O3S. The van der Waals surface area contributed by atoms with E-state index in [9.17, 15) is 8.42 Å². The molecule has 0 aliphatic carbocycles. The van der Waals surface area contributed by atoms with Crippen LogP contribution in [-0.4, -0.2) is 27.1 Å². The molecule has 21 heavy (non-hydrogen) atoms. The van der Waals surface area contributed by atoms with Gasteiger partial charge in [0, 0.05) is 30.9 Å². The molecule has 1 aromatic heterocycles. The van der Waals surface area contributed by atoms with Gasteiger partial charge in [-0.2, -0.15) is 0 Å². The average Bonchev–Trinajstić information content (AvgIpc) is 2.48. The Balaban J connectivity index is 2.05. The molecule has 0 radical (unpaired) electrons. The van der Waals surface area contributed by atoms with E-state index in [2.05, 4.69) is 9.71 Å². The number of aromatic nitrogens is 1. The van der Waals surface area contributed by atoms with E-state index in [4.69, 9.17) is 10.5 Å². The first-order chi connectivity index (χ1) is 10.0. The van der Waals surface area contributed by atoms with Crippen molar-refractivity contribution in [3.63, 3.8) is 0 Å². The summed E-state index contributed by atoms with van der Waals surface area (Å²) in [5.74, 6) is 0.336. The van der Waals surface area contributed by atoms with E-state index >= 15 is 0 Å². The van der Waals surface area contributed by atoms with Crippen molar-refractivity contribution < 1.29 is 13.2 Å². The van der Waals surface area contributed by atoms with Gasteiger partial charge >= 0.3 is 0 Å². The average molecular weight is 307 g/mol. The highest BCUT2D eigenvalue weighted by atomic mass is 32.2. The first-order valence-electron chi connectivity index (χ1n) is 6.36. The number of sulfonamides is 1. The molecule has 0 bridgehead atoms. The highest BCUT2D eigenvalue weighted by Gasteiger charge is 2.15. The molecule has 7 heteroatoms. The maximum Gasteiger partial charge on any atom is 0.240 e. The first-order valence-corrected chi connectivity index (χ1v) is 7.84. The summed E-state index contributed by atoms with van der Waals surface area (Å²) in [6, 6.07) is 9.88. The van der Waals surface area contributed by atoms with Crippen molar-refractivity contribution in [3.05, 3.63) is 48.3 Å². The van der Waals surface area contributed by atoms with Gasteiger partial charge in [-0.05, 0) is 24.3 Å². The SMILES string of the molecule is COc1cc(S(=O)(=O)NCCc2ccccn2)ccc1N. The van der Waals surface area contributed by atoms with E-state index in [1.165, 1.54) is 25.3 Å². The standard InChI is InChI=1S/C14H17N3O3S/c1-20-14-10-12(5-6-13(14)15)21(18,19)17-9-7-11-4-2-3-8-16-11/h2-6,8,10,17H,7,9,15H2,1H3.